The zero-order chi connectivity index (χ0) is 57.4. The van der Waals surface area contributed by atoms with E-state index in [1.807, 2.05) is 80.2 Å². The highest BCUT2D eigenvalue weighted by atomic mass is 28.3. The third-order valence-electron chi connectivity index (χ3n) is 14.9. The molecular formula is C59H84N12O8Si. The summed E-state index contributed by atoms with van der Waals surface area (Å²) in [5.74, 6) is -1.13. The fraction of sp³-hybridized carbons (Fsp3) is 0.542. The molecule has 6 aromatic rings. The lowest BCUT2D eigenvalue weighted by molar-refractivity contribution is -0.0563. The number of nitrogens with zero attached hydrogens (tertiary/aromatic N) is 8. The van der Waals surface area contributed by atoms with E-state index in [0.717, 1.165) is 97.9 Å². The molecule has 2 aliphatic heterocycles. The first-order chi connectivity index (χ1) is 37.9. The van der Waals surface area contributed by atoms with Gasteiger partial charge in [0, 0.05) is 69.2 Å². The van der Waals surface area contributed by atoms with Gasteiger partial charge in [0.1, 0.15) is 30.5 Å². The van der Waals surface area contributed by atoms with Crippen LogP contribution in [-0.4, -0.2) is 139 Å². The van der Waals surface area contributed by atoms with Crippen LogP contribution < -0.4 is 16.4 Å². The highest BCUT2D eigenvalue weighted by Crippen LogP contribution is 2.37. The van der Waals surface area contributed by atoms with Crippen molar-refractivity contribution in [2.24, 2.45) is 10.8 Å². The lowest BCUT2D eigenvalue weighted by atomic mass is 9.76. The number of nitrogens with one attached hydrogen (secondary N) is 3. The fourth-order valence-corrected chi connectivity index (χ4v) is 11.4. The molecule has 6 heterocycles. The second-order valence-electron chi connectivity index (χ2n) is 25.2. The molecule has 10 rings (SSSR count). The number of ether oxygens (including phenoxy) is 4. The van der Waals surface area contributed by atoms with Crippen LogP contribution in [0.2, 0.25) is 25.7 Å². The summed E-state index contributed by atoms with van der Waals surface area (Å²) < 4.78 is 28.8. The largest absolute Gasteiger partial charge is 0.476 e. The minimum absolute atomic E-state index is 0.0451. The molecule has 6 N–H and O–H groups in total. The summed E-state index contributed by atoms with van der Waals surface area (Å²) in [7, 11) is -1.11. The van der Waals surface area contributed by atoms with Gasteiger partial charge in [-0.25, -0.2) is 14.3 Å². The molecular weight excluding hydrogens is 1030 g/mol. The van der Waals surface area contributed by atoms with Crippen molar-refractivity contribution in [3.63, 3.8) is 0 Å². The molecule has 0 radical (unpaired) electrons. The fourth-order valence-electron chi connectivity index (χ4n) is 10.6. The molecule has 2 fully saturated rings. The van der Waals surface area contributed by atoms with Crippen LogP contribution >= 0.6 is 0 Å². The van der Waals surface area contributed by atoms with Crippen molar-refractivity contribution in [1.29, 1.82) is 0 Å². The first-order valence-electron chi connectivity index (χ1n) is 28.1. The number of carboxylic acids is 1. The van der Waals surface area contributed by atoms with Crippen molar-refractivity contribution in [3.05, 3.63) is 130 Å². The minimum Gasteiger partial charge on any atom is -0.476 e. The number of H-pyrrole nitrogens is 1. The predicted octanol–water partition coefficient (Wildman–Crippen LogP) is 9.05. The van der Waals surface area contributed by atoms with E-state index in [1.165, 1.54) is 0 Å². The SMILES string of the molecule is CC(C)(C)OC(=O)N1CCO[C@H](C(c2ccccc2)n2cc(N)cn2)C1.CC1(C)CCc2c(C(=O)Nc3cnn(C(c4ccccc4)[C@@H]4CNCCO4)c3)n[nH]c2C1.CC1(C)CCc2c(C(=O)O)nn(COCC[Si](C)(C)C)c2C1. The molecule has 432 valence electrons. The van der Waals surface area contributed by atoms with Crippen LogP contribution in [0.5, 0.6) is 0 Å². The highest BCUT2D eigenvalue weighted by Gasteiger charge is 2.37. The molecule has 4 aliphatic rings. The Morgan fingerprint density at radius 2 is 1.48 bits per heavy atom. The van der Waals surface area contributed by atoms with Crippen LogP contribution in [0.4, 0.5) is 16.2 Å². The second kappa shape index (κ2) is 25.4. The highest BCUT2D eigenvalue weighted by molar-refractivity contribution is 6.76. The second-order valence-corrected chi connectivity index (χ2v) is 30.8. The Morgan fingerprint density at radius 3 is 2.09 bits per heavy atom. The van der Waals surface area contributed by atoms with Crippen molar-refractivity contribution in [3.8, 4) is 0 Å². The number of anilines is 2. The van der Waals surface area contributed by atoms with E-state index in [2.05, 4.69) is 95.6 Å². The van der Waals surface area contributed by atoms with E-state index in [4.69, 9.17) is 24.7 Å². The van der Waals surface area contributed by atoms with Crippen LogP contribution in [0, 0.1) is 10.8 Å². The summed E-state index contributed by atoms with van der Waals surface area (Å²) >= 11 is 0. The monoisotopic (exact) mass is 1120 g/mol. The van der Waals surface area contributed by atoms with Gasteiger partial charge < -0.3 is 45.3 Å². The Balaban J connectivity index is 0.000000161. The average molecular weight is 1120 g/mol. The Hall–Kier alpha value is -6.65. The number of amides is 2. The number of morpholine rings is 2. The summed E-state index contributed by atoms with van der Waals surface area (Å²) in [5, 5.41) is 36.4. The van der Waals surface area contributed by atoms with Crippen molar-refractivity contribution in [1.82, 2.24) is 49.8 Å². The number of carbonyl (C=O) groups is 3. The summed E-state index contributed by atoms with van der Waals surface area (Å²) in [6, 6.07) is 21.0. The number of carboxylic acid groups (broad SMARTS) is 1. The standard InChI is InChI=1S/C24H30N6O2.C19H26N4O3.C16H28N2O3Si/c1-24(2)9-8-18-19(12-24)28-29-21(18)23(31)27-17-13-26-30(15-17)22(16-6-4-3-5-7-16)20-14-25-10-11-32-20;1-19(2,3)26-18(24)22-9-10-25-16(13-22)17(14-7-5-4-6-8-14)23-12-15(20)11-21-23;1-16(2)7-6-12-13(10-16)18(17-14(12)15(19)20)11-21-8-9-22(3,4)5/h3-7,13,15,20,22,25H,8-12,14H2,1-2H3,(H,27,31)(H,28,29);4-8,11-12,16-17H,9-10,13,20H2,1-3H3;6-11H2,1-5H3,(H,19,20)/t20-,22?;16-,17?;/m00./s1. The van der Waals surface area contributed by atoms with E-state index >= 15 is 0 Å². The van der Waals surface area contributed by atoms with Gasteiger partial charge in [-0.3, -0.25) is 19.3 Å². The number of nitrogen functional groups attached to an aromatic ring is 1. The molecule has 0 bridgehead atoms. The molecule has 20 nitrogen and oxygen atoms in total. The number of fused-ring (bicyclic) bond motifs is 2. The number of rotatable bonds is 14. The summed E-state index contributed by atoms with van der Waals surface area (Å²) in [6.45, 7) is 26.2. The third kappa shape index (κ3) is 15.8. The van der Waals surface area contributed by atoms with Crippen LogP contribution in [0.1, 0.15) is 128 Å². The maximum Gasteiger partial charge on any atom is 0.410 e. The molecule has 0 saturated carbocycles. The number of nitrogens with two attached hydrogens (primary N) is 1. The van der Waals surface area contributed by atoms with E-state index in [1.54, 1.807) is 32.9 Å². The van der Waals surface area contributed by atoms with Crippen LogP contribution in [-0.2, 0) is 51.4 Å². The van der Waals surface area contributed by atoms with E-state index in [0.29, 0.717) is 50.1 Å². The molecule has 2 unspecified atom stereocenters. The average Bonchev–Trinajstić information content (AvgIpc) is 4.33. The van der Waals surface area contributed by atoms with Crippen molar-refractivity contribution < 1.29 is 38.4 Å². The van der Waals surface area contributed by atoms with Gasteiger partial charge in [0.2, 0.25) is 0 Å². The summed E-state index contributed by atoms with van der Waals surface area (Å²) in [6.07, 6.45) is 11.8. The predicted molar refractivity (Wildman–Crippen MR) is 310 cm³/mol. The lowest BCUT2D eigenvalue weighted by Crippen LogP contribution is -2.50. The molecule has 2 amide bonds. The first-order valence-corrected chi connectivity index (χ1v) is 31.8. The van der Waals surface area contributed by atoms with Gasteiger partial charge in [0.25, 0.3) is 5.91 Å². The molecule has 21 heteroatoms. The van der Waals surface area contributed by atoms with Gasteiger partial charge in [-0.1, -0.05) is 108 Å². The van der Waals surface area contributed by atoms with Crippen LogP contribution in [0.3, 0.4) is 0 Å². The smallest absolute Gasteiger partial charge is 0.410 e. The van der Waals surface area contributed by atoms with Gasteiger partial charge in [-0.2, -0.15) is 20.4 Å². The Morgan fingerprint density at radius 1 is 0.850 bits per heavy atom. The Bertz CT molecular complexity index is 3000. The molecule has 0 spiro atoms. The van der Waals surface area contributed by atoms with Crippen molar-refractivity contribution in [2.45, 2.75) is 149 Å². The quantitative estimate of drug-likeness (QED) is 0.0505. The zero-order valence-electron chi connectivity index (χ0n) is 48.5. The van der Waals surface area contributed by atoms with E-state index in [-0.39, 0.29) is 52.8 Å². The van der Waals surface area contributed by atoms with E-state index in [9.17, 15) is 19.5 Å². The van der Waals surface area contributed by atoms with Gasteiger partial charge >= 0.3 is 12.1 Å². The topological polar surface area (TPSA) is 244 Å². The number of hydrogen-bond acceptors (Lipinski definition) is 13. The van der Waals surface area contributed by atoms with Crippen LogP contribution in [0.15, 0.2) is 85.5 Å². The number of aromatic nitrogens is 8. The summed E-state index contributed by atoms with van der Waals surface area (Å²) in [4.78, 5) is 38.6. The molecule has 80 heavy (non-hydrogen) atoms. The van der Waals surface area contributed by atoms with Gasteiger partial charge in [-0.15, -0.1) is 0 Å². The number of carbonyl (C=O) groups excluding carboxylic acids is 2. The van der Waals surface area contributed by atoms with Crippen LogP contribution in [0.25, 0.3) is 0 Å². The number of aromatic carboxylic acids is 1. The van der Waals surface area contributed by atoms with Gasteiger partial charge in [-0.05, 0) is 87.3 Å². The Kier molecular flexibility index (Phi) is 18.9. The van der Waals surface area contributed by atoms with Crippen molar-refractivity contribution in [2.75, 3.05) is 57.1 Å². The third-order valence-corrected chi connectivity index (χ3v) is 16.6. The normalized spacial score (nSPS) is 19.4. The molecule has 4 aromatic heterocycles. The maximum absolute atomic E-state index is 13.0. The number of hydrogen-bond donors (Lipinski definition) is 5. The van der Waals surface area contributed by atoms with Gasteiger partial charge in [0.05, 0.1) is 49.6 Å². The minimum atomic E-state index is -1.11. The maximum atomic E-state index is 13.0. The summed E-state index contributed by atoms with van der Waals surface area (Å²) in [5.41, 5.74) is 13.9. The zero-order valence-corrected chi connectivity index (χ0v) is 49.5. The first kappa shape index (κ1) is 59.5. The molecule has 2 saturated heterocycles. The van der Waals surface area contributed by atoms with Gasteiger partial charge in [0.15, 0.2) is 11.4 Å². The number of aromatic amines is 1. The molecule has 4 atom stereocenters. The molecule has 2 aromatic carbocycles. The molecule has 2 aliphatic carbocycles. The van der Waals surface area contributed by atoms with Crippen molar-refractivity contribution >= 4 is 37.4 Å². The van der Waals surface area contributed by atoms with E-state index < -0.39 is 19.6 Å². The number of benzene rings is 2. The lowest BCUT2D eigenvalue weighted by Gasteiger charge is -2.37. The Labute approximate surface area is 471 Å².